The molecule has 2 heteroatoms. The highest BCUT2D eigenvalue weighted by molar-refractivity contribution is 6.15. The van der Waals surface area contributed by atoms with Crippen LogP contribution in [0.25, 0.3) is 66.8 Å². The summed E-state index contributed by atoms with van der Waals surface area (Å²) < 4.78 is 0. The van der Waals surface area contributed by atoms with Crippen molar-refractivity contribution in [3.05, 3.63) is 170 Å². The Bertz CT molecular complexity index is 2020. The molecule has 0 aromatic heterocycles. The number of rotatable bonds is 12. The lowest BCUT2D eigenvalue weighted by Crippen LogP contribution is -2.21. The molecular formula is C50H48N2. The fourth-order valence-corrected chi connectivity index (χ4v) is 7.76. The summed E-state index contributed by atoms with van der Waals surface area (Å²) in [6.07, 6.45) is 0. The van der Waals surface area contributed by atoms with Gasteiger partial charge in [-0.25, -0.2) is 0 Å². The van der Waals surface area contributed by atoms with Crippen LogP contribution >= 0.6 is 0 Å². The molecule has 0 unspecified atom stereocenters. The van der Waals surface area contributed by atoms with Crippen LogP contribution in [0.4, 0.5) is 11.4 Å². The number of hydrogen-bond donors (Lipinski definition) is 0. The third-order valence-corrected chi connectivity index (χ3v) is 10.3. The van der Waals surface area contributed by atoms with E-state index in [1.165, 1.54) is 78.1 Å². The van der Waals surface area contributed by atoms with Gasteiger partial charge in [-0.1, -0.05) is 146 Å². The van der Waals surface area contributed by atoms with Gasteiger partial charge in [-0.15, -0.1) is 0 Å². The van der Waals surface area contributed by atoms with Crippen LogP contribution in [0, 0.1) is 0 Å². The number of hydrogen-bond acceptors (Lipinski definition) is 2. The lowest BCUT2D eigenvalue weighted by atomic mass is 9.74. The van der Waals surface area contributed by atoms with Crippen LogP contribution in [0.3, 0.4) is 0 Å². The normalized spacial score (nSPS) is 11.0. The largest absolute Gasteiger partial charge is 0.372 e. The molecule has 7 aromatic carbocycles. The van der Waals surface area contributed by atoms with Crippen LogP contribution in [0.1, 0.15) is 27.7 Å². The van der Waals surface area contributed by atoms with E-state index in [1.807, 2.05) is 0 Å². The summed E-state index contributed by atoms with van der Waals surface area (Å²) in [5.74, 6) is 0. The van der Waals surface area contributed by atoms with E-state index >= 15 is 0 Å². The monoisotopic (exact) mass is 676 g/mol. The SMILES string of the molecule is CCN(CC)c1ccc(-c2c(-c3ccccc3)c(-c3ccccc3)c(-c3ccccc3)c(-c3ccccc3)c2-c2ccc(N(CC)CC)cc2)cc1. The maximum Gasteiger partial charge on any atom is 0.0366 e. The van der Waals surface area contributed by atoms with E-state index in [1.54, 1.807) is 0 Å². The summed E-state index contributed by atoms with van der Waals surface area (Å²) in [5, 5.41) is 0. The van der Waals surface area contributed by atoms with Gasteiger partial charge in [0.25, 0.3) is 0 Å². The van der Waals surface area contributed by atoms with Crippen LogP contribution < -0.4 is 9.80 Å². The van der Waals surface area contributed by atoms with Gasteiger partial charge in [0.05, 0.1) is 0 Å². The van der Waals surface area contributed by atoms with Gasteiger partial charge in [-0.2, -0.15) is 0 Å². The van der Waals surface area contributed by atoms with Gasteiger partial charge in [0.1, 0.15) is 0 Å². The van der Waals surface area contributed by atoms with Gasteiger partial charge in [0.2, 0.25) is 0 Å². The molecule has 7 aromatic rings. The average molecular weight is 677 g/mol. The van der Waals surface area contributed by atoms with E-state index in [2.05, 4.69) is 207 Å². The summed E-state index contributed by atoms with van der Waals surface area (Å²) in [5.41, 5.74) is 17.1. The molecule has 0 fully saturated rings. The molecule has 0 spiro atoms. The Morgan fingerprint density at radius 1 is 0.250 bits per heavy atom. The molecule has 0 amide bonds. The van der Waals surface area contributed by atoms with E-state index in [9.17, 15) is 0 Å². The lowest BCUT2D eigenvalue weighted by Gasteiger charge is -2.29. The number of nitrogens with zero attached hydrogens (tertiary/aromatic N) is 2. The fraction of sp³-hybridized carbons (Fsp3) is 0.160. The molecule has 0 saturated carbocycles. The second-order valence-electron chi connectivity index (χ2n) is 13.2. The molecule has 0 heterocycles. The Morgan fingerprint density at radius 2 is 0.442 bits per heavy atom. The predicted octanol–water partition coefficient (Wildman–Crippen LogP) is 13.4. The van der Waals surface area contributed by atoms with E-state index in [0.717, 1.165) is 26.2 Å². The topological polar surface area (TPSA) is 6.48 Å². The van der Waals surface area contributed by atoms with Crippen LogP contribution in [-0.4, -0.2) is 26.2 Å². The van der Waals surface area contributed by atoms with Gasteiger partial charge < -0.3 is 9.80 Å². The first kappa shape index (κ1) is 34.6. The van der Waals surface area contributed by atoms with E-state index in [0.29, 0.717) is 0 Å². The first-order chi connectivity index (χ1) is 25.7. The molecule has 258 valence electrons. The summed E-state index contributed by atoms with van der Waals surface area (Å²) in [4.78, 5) is 4.83. The van der Waals surface area contributed by atoms with Crippen molar-refractivity contribution < 1.29 is 0 Å². The van der Waals surface area contributed by atoms with Gasteiger partial charge in [-0.05, 0) is 119 Å². The third kappa shape index (κ3) is 6.77. The molecule has 0 aliphatic carbocycles. The van der Waals surface area contributed by atoms with Crippen LogP contribution in [0.15, 0.2) is 170 Å². The average Bonchev–Trinajstić information content (AvgIpc) is 3.22. The predicted molar refractivity (Wildman–Crippen MR) is 226 cm³/mol. The molecule has 52 heavy (non-hydrogen) atoms. The van der Waals surface area contributed by atoms with E-state index in [4.69, 9.17) is 0 Å². The maximum absolute atomic E-state index is 2.41. The van der Waals surface area contributed by atoms with Gasteiger partial charge >= 0.3 is 0 Å². The van der Waals surface area contributed by atoms with Gasteiger partial charge in [0.15, 0.2) is 0 Å². The van der Waals surface area contributed by atoms with Crippen molar-refractivity contribution in [2.24, 2.45) is 0 Å². The molecule has 0 aliphatic rings. The summed E-state index contributed by atoms with van der Waals surface area (Å²) in [7, 11) is 0. The highest BCUT2D eigenvalue weighted by Crippen LogP contribution is 2.56. The van der Waals surface area contributed by atoms with E-state index in [-0.39, 0.29) is 0 Å². The first-order valence-electron chi connectivity index (χ1n) is 18.8. The molecule has 0 radical (unpaired) electrons. The second-order valence-corrected chi connectivity index (χ2v) is 13.2. The van der Waals surface area contributed by atoms with Crippen LogP contribution in [0.2, 0.25) is 0 Å². The highest BCUT2D eigenvalue weighted by Gasteiger charge is 2.29. The zero-order valence-electron chi connectivity index (χ0n) is 30.9. The lowest BCUT2D eigenvalue weighted by molar-refractivity contribution is 0.866. The van der Waals surface area contributed by atoms with Crippen molar-refractivity contribution in [1.29, 1.82) is 0 Å². The van der Waals surface area contributed by atoms with Gasteiger partial charge in [-0.3, -0.25) is 0 Å². The van der Waals surface area contributed by atoms with Crippen molar-refractivity contribution in [2.75, 3.05) is 36.0 Å². The first-order valence-corrected chi connectivity index (χ1v) is 18.8. The molecule has 0 N–H and O–H groups in total. The minimum atomic E-state index is 0.970. The molecule has 0 bridgehead atoms. The Hall–Kier alpha value is -5.86. The molecule has 0 saturated heterocycles. The fourth-order valence-electron chi connectivity index (χ4n) is 7.76. The Labute approximate surface area is 310 Å². The molecular weight excluding hydrogens is 629 g/mol. The standard InChI is InChI=1S/C50H48N2/c1-5-51(6-2)43-33-29-41(30-34-43)49-47(39-25-17-11-18-26-39)45(37-21-13-9-14-22-37)46(38-23-15-10-16-24-38)48(40-27-19-12-20-28-40)50(49)42-31-35-44(36-32-42)52(7-3)8-4/h9-36H,5-8H2,1-4H3. The third-order valence-electron chi connectivity index (χ3n) is 10.3. The Balaban J connectivity index is 1.72. The van der Waals surface area contributed by atoms with Crippen molar-refractivity contribution in [1.82, 2.24) is 0 Å². The van der Waals surface area contributed by atoms with Crippen molar-refractivity contribution in [3.63, 3.8) is 0 Å². The number of anilines is 2. The van der Waals surface area contributed by atoms with Crippen molar-refractivity contribution >= 4 is 11.4 Å². The zero-order valence-corrected chi connectivity index (χ0v) is 30.9. The highest BCUT2D eigenvalue weighted by atomic mass is 15.1. The minimum absolute atomic E-state index is 0.970. The molecule has 0 atom stereocenters. The summed E-state index contributed by atoms with van der Waals surface area (Å²) >= 11 is 0. The van der Waals surface area contributed by atoms with E-state index < -0.39 is 0 Å². The van der Waals surface area contributed by atoms with Crippen molar-refractivity contribution in [3.8, 4) is 66.8 Å². The maximum atomic E-state index is 2.41. The minimum Gasteiger partial charge on any atom is -0.372 e. The molecule has 0 aliphatic heterocycles. The summed E-state index contributed by atoms with van der Waals surface area (Å²) in [6, 6.07) is 62.6. The second kappa shape index (κ2) is 16.0. The van der Waals surface area contributed by atoms with Crippen molar-refractivity contribution in [2.45, 2.75) is 27.7 Å². The molecule has 2 nitrogen and oxygen atoms in total. The smallest absolute Gasteiger partial charge is 0.0366 e. The molecule has 7 rings (SSSR count). The summed E-state index contributed by atoms with van der Waals surface area (Å²) in [6.45, 7) is 12.8. The Kier molecular flexibility index (Phi) is 10.6. The van der Waals surface area contributed by atoms with Crippen LogP contribution in [-0.2, 0) is 0 Å². The quantitative estimate of drug-likeness (QED) is 0.127. The Morgan fingerprint density at radius 3 is 0.635 bits per heavy atom. The van der Waals surface area contributed by atoms with Crippen LogP contribution in [0.5, 0.6) is 0 Å². The number of benzene rings is 7. The zero-order chi connectivity index (χ0) is 35.9. The van der Waals surface area contributed by atoms with Gasteiger partial charge in [0, 0.05) is 37.6 Å².